The second kappa shape index (κ2) is 5.56. The molecule has 0 saturated heterocycles. The molecular formula is C6H12O3S. The van der Waals surface area contributed by atoms with Crippen LogP contribution in [0.15, 0.2) is 0 Å². The number of aliphatic hydroxyl groups is 1. The molecule has 0 bridgehead atoms. The van der Waals surface area contributed by atoms with E-state index in [0.29, 0.717) is 6.61 Å². The molecule has 0 aliphatic rings. The lowest BCUT2D eigenvalue weighted by molar-refractivity contribution is -0.151. The van der Waals surface area contributed by atoms with Crippen molar-refractivity contribution in [3.8, 4) is 0 Å². The summed E-state index contributed by atoms with van der Waals surface area (Å²) >= 11 is 1.60. The minimum atomic E-state index is -0.998. The molecule has 0 radical (unpaired) electrons. The molecule has 0 rings (SSSR count). The van der Waals surface area contributed by atoms with Crippen LogP contribution in [0.5, 0.6) is 0 Å². The normalized spacial score (nSPS) is 12.7. The molecule has 0 unspecified atom stereocenters. The van der Waals surface area contributed by atoms with Crippen molar-refractivity contribution in [1.82, 2.24) is 0 Å². The van der Waals surface area contributed by atoms with Crippen molar-refractivity contribution in [2.24, 2.45) is 0 Å². The van der Waals surface area contributed by atoms with Crippen molar-refractivity contribution in [1.29, 1.82) is 0 Å². The molecule has 60 valence electrons. The van der Waals surface area contributed by atoms with E-state index in [1.165, 1.54) is 6.92 Å². The molecule has 3 nitrogen and oxygen atoms in total. The summed E-state index contributed by atoms with van der Waals surface area (Å²) in [4.78, 5) is 10.5. The first-order chi connectivity index (χ1) is 4.68. The lowest BCUT2D eigenvalue weighted by Gasteiger charge is -2.04. The first kappa shape index (κ1) is 9.78. The van der Waals surface area contributed by atoms with Gasteiger partial charge in [0, 0.05) is 5.75 Å². The topological polar surface area (TPSA) is 46.5 Å². The highest BCUT2D eigenvalue weighted by Crippen LogP contribution is 1.92. The van der Waals surface area contributed by atoms with Gasteiger partial charge in [-0.25, -0.2) is 4.79 Å². The van der Waals surface area contributed by atoms with Crippen LogP contribution in [-0.2, 0) is 9.53 Å². The highest BCUT2D eigenvalue weighted by molar-refractivity contribution is 7.98. The molecular weight excluding hydrogens is 152 g/mol. The Morgan fingerprint density at radius 3 is 2.80 bits per heavy atom. The molecule has 0 aromatic heterocycles. The fourth-order valence-electron chi connectivity index (χ4n) is 0.346. The molecule has 0 spiro atoms. The first-order valence-electron chi connectivity index (χ1n) is 3.02. The monoisotopic (exact) mass is 164 g/mol. The SMILES string of the molecule is CSCCOC(=O)[C@H](C)O. The number of hydrogen-bond donors (Lipinski definition) is 1. The first-order valence-corrected chi connectivity index (χ1v) is 4.41. The number of carbonyl (C=O) groups is 1. The number of aliphatic hydroxyl groups excluding tert-OH is 1. The number of carbonyl (C=O) groups excluding carboxylic acids is 1. The fraction of sp³-hybridized carbons (Fsp3) is 0.833. The summed E-state index contributed by atoms with van der Waals surface area (Å²) in [6.45, 7) is 1.77. The highest BCUT2D eigenvalue weighted by Gasteiger charge is 2.08. The van der Waals surface area contributed by atoms with Gasteiger partial charge in [0.1, 0.15) is 12.7 Å². The molecule has 0 heterocycles. The molecule has 0 saturated carbocycles. The molecule has 1 N–H and O–H groups in total. The zero-order valence-electron chi connectivity index (χ0n) is 6.16. The van der Waals surface area contributed by atoms with Crippen molar-refractivity contribution in [3.05, 3.63) is 0 Å². The molecule has 4 heteroatoms. The third-order valence-corrected chi connectivity index (χ3v) is 1.45. The van der Waals surface area contributed by atoms with Gasteiger partial charge >= 0.3 is 5.97 Å². The van der Waals surface area contributed by atoms with Gasteiger partial charge in [-0.15, -0.1) is 0 Å². The molecule has 0 aromatic rings. The fourth-order valence-corrected chi connectivity index (χ4v) is 0.596. The Kier molecular flexibility index (Phi) is 5.43. The van der Waals surface area contributed by atoms with Crippen molar-refractivity contribution in [2.75, 3.05) is 18.6 Å². The molecule has 0 aliphatic heterocycles. The molecule has 0 fully saturated rings. The Labute approximate surface area is 64.8 Å². The van der Waals surface area contributed by atoms with Crippen LogP contribution in [0.25, 0.3) is 0 Å². The highest BCUT2D eigenvalue weighted by atomic mass is 32.2. The van der Waals surface area contributed by atoms with E-state index in [1.807, 2.05) is 6.26 Å². The standard InChI is InChI=1S/C6H12O3S/c1-5(7)6(8)9-3-4-10-2/h5,7H,3-4H2,1-2H3/t5-/m0/s1. The van der Waals surface area contributed by atoms with Crippen LogP contribution in [0.2, 0.25) is 0 Å². The summed E-state index contributed by atoms with van der Waals surface area (Å²) in [5, 5.41) is 8.64. The third kappa shape index (κ3) is 4.64. The van der Waals surface area contributed by atoms with Gasteiger partial charge in [0.25, 0.3) is 0 Å². The van der Waals surface area contributed by atoms with E-state index in [1.54, 1.807) is 11.8 Å². The predicted octanol–water partition coefficient (Wildman–Crippen LogP) is 0.273. The Hall–Kier alpha value is -0.220. The van der Waals surface area contributed by atoms with E-state index in [2.05, 4.69) is 4.74 Å². The smallest absolute Gasteiger partial charge is 0.334 e. The minimum Gasteiger partial charge on any atom is -0.463 e. The average molecular weight is 164 g/mol. The Morgan fingerprint density at radius 2 is 2.40 bits per heavy atom. The Balaban J connectivity index is 3.22. The van der Waals surface area contributed by atoms with E-state index in [-0.39, 0.29) is 0 Å². The summed E-state index contributed by atoms with van der Waals surface area (Å²) in [6, 6.07) is 0. The largest absolute Gasteiger partial charge is 0.463 e. The van der Waals surface area contributed by atoms with Crippen LogP contribution in [0, 0.1) is 0 Å². The van der Waals surface area contributed by atoms with Crippen molar-refractivity contribution < 1.29 is 14.6 Å². The molecule has 1 atom stereocenters. The van der Waals surface area contributed by atoms with Gasteiger partial charge in [0.15, 0.2) is 0 Å². The van der Waals surface area contributed by atoms with Crippen molar-refractivity contribution in [2.45, 2.75) is 13.0 Å². The maximum Gasteiger partial charge on any atom is 0.334 e. The van der Waals surface area contributed by atoms with Gasteiger partial charge in [0.05, 0.1) is 0 Å². The lowest BCUT2D eigenvalue weighted by Crippen LogP contribution is -2.20. The van der Waals surface area contributed by atoms with Crippen LogP contribution in [0.1, 0.15) is 6.92 Å². The second-order valence-corrected chi connectivity index (χ2v) is 2.82. The van der Waals surface area contributed by atoms with Crippen LogP contribution >= 0.6 is 11.8 Å². The number of rotatable bonds is 4. The number of esters is 1. The van der Waals surface area contributed by atoms with Gasteiger partial charge in [0.2, 0.25) is 0 Å². The van der Waals surface area contributed by atoms with E-state index in [0.717, 1.165) is 5.75 Å². The van der Waals surface area contributed by atoms with Gasteiger partial charge in [-0.05, 0) is 13.2 Å². The minimum absolute atomic E-state index is 0.380. The third-order valence-electron chi connectivity index (χ3n) is 0.873. The predicted molar refractivity (Wildman–Crippen MR) is 41.0 cm³/mol. The summed E-state index contributed by atoms with van der Waals surface area (Å²) in [5.41, 5.74) is 0. The van der Waals surface area contributed by atoms with Gasteiger partial charge in [-0.2, -0.15) is 11.8 Å². The molecule has 0 aromatic carbocycles. The van der Waals surface area contributed by atoms with Crippen molar-refractivity contribution in [3.63, 3.8) is 0 Å². The number of thioether (sulfide) groups is 1. The van der Waals surface area contributed by atoms with Gasteiger partial charge < -0.3 is 9.84 Å². The zero-order valence-corrected chi connectivity index (χ0v) is 6.98. The van der Waals surface area contributed by atoms with Crippen molar-refractivity contribution >= 4 is 17.7 Å². The van der Waals surface area contributed by atoms with Gasteiger partial charge in [-0.1, -0.05) is 0 Å². The lowest BCUT2D eigenvalue weighted by atomic mass is 10.4. The number of hydrogen-bond acceptors (Lipinski definition) is 4. The Morgan fingerprint density at radius 1 is 1.80 bits per heavy atom. The summed E-state index contributed by atoms with van der Waals surface area (Å²) in [5.74, 6) is 0.229. The van der Waals surface area contributed by atoms with Crippen LogP contribution in [0.3, 0.4) is 0 Å². The maximum absolute atomic E-state index is 10.5. The van der Waals surface area contributed by atoms with E-state index < -0.39 is 12.1 Å². The zero-order chi connectivity index (χ0) is 7.98. The van der Waals surface area contributed by atoms with E-state index >= 15 is 0 Å². The second-order valence-electron chi connectivity index (χ2n) is 1.84. The molecule has 0 amide bonds. The van der Waals surface area contributed by atoms with E-state index in [9.17, 15) is 4.79 Å². The molecule has 0 aliphatic carbocycles. The van der Waals surface area contributed by atoms with Gasteiger partial charge in [-0.3, -0.25) is 0 Å². The van der Waals surface area contributed by atoms with Crippen LogP contribution < -0.4 is 0 Å². The van der Waals surface area contributed by atoms with E-state index in [4.69, 9.17) is 5.11 Å². The molecule has 10 heavy (non-hydrogen) atoms. The maximum atomic E-state index is 10.5. The quantitative estimate of drug-likeness (QED) is 0.478. The summed E-state index contributed by atoms with van der Waals surface area (Å²) in [7, 11) is 0. The average Bonchev–Trinajstić information content (AvgIpc) is 1.88. The Bertz CT molecular complexity index is 103. The summed E-state index contributed by atoms with van der Waals surface area (Å²) in [6.07, 6.45) is 0.929. The van der Waals surface area contributed by atoms with Crippen LogP contribution in [-0.4, -0.2) is 35.8 Å². The number of ether oxygens (including phenoxy) is 1. The van der Waals surface area contributed by atoms with Crippen LogP contribution in [0.4, 0.5) is 0 Å². The summed E-state index contributed by atoms with van der Waals surface area (Å²) < 4.78 is 4.63.